The van der Waals surface area contributed by atoms with Gasteiger partial charge in [0.15, 0.2) is 0 Å². The van der Waals surface area contributed by atoms with Crippen molar-refractivity contribution in [3.05, 3.63) is 35.4 Å². The van der Waals surface area contributed by atoms with Gasteiger partial charge in [-0.25, -0.2) is 13.6 Å². The van der Waals surface area contributed by atoms with Crippen LogP contribution in [0.1, 0.15) is 25.8 Å². The normalized spacial score (nSPS) is 15.0. The van der Waals surface area contributed by atoms with E-state index in [-0.39, 0.29) is 18.2 Å². The summed E-state index contributed by atoms with van der Waals surface area (Å²) in [6, 6.07) is 2.32. The lowest BCUT2D eigenvalue weighted by Crippen LogP contribution is -2.46. The molecule has 124 valence electrons. The Labute approximate surface area is 128 Å². The Hall–Kier alpha value is -1.73. The topological polar surface area (TPSA) is 70.6 Å². The maximum Gasteiger partial charge on any atom is 0.315 e. The lowest BCUT2D eigenvalue weighted by molar-refractivity contribution is 0.0553. The van der Waals surface area contributed by atoms with Gasteiger partial charge < -0.3 is 20.5 Å². The van der Waals surface area contributed by atoms with Gasteiger partial charge in [0, 0.05) is 31.4 Å². The molecule has 2 atom stereocenters. The van der Waals surface area contributed by atoms with Crippen molar-refractivity contribution in [3.8, 4) is 0 Å². The zero-order valence-electron chi connectivity index (χ0n) is 13.0. The second kappa shape index (κ2) is 8.05. The molecule has 0 radical (unpaired) electrons. The monoisotopic (exact) mass is 316 g/mol. The highest BCUT2D eigenvalue weighted by Crippen LogP contribution is 2.23. The van der Waals surface area contributed by atoms with Crippen LogP contribution in [0.2, 0.25) is 0 Å². The molecule has 0 aliphatic carbocycles. The quantitative estimate of drug-likeness (QED) is 0.719. The second-order valence-corrected chi connectivity index (χ2v) is 5.41. The van der Waals surface area contributed by atoms with Gasteiger partial charge in [0.2, 0.25) is 0 Å². The number of methoxy groups -OCH3 is 1. The zero-order chi connectivity index (χ0) is 16.8. The molecule has 7 heteroatoms. The number of carbonyl (C=O) groups is 1. The molecule has 0 aromatic heterocycles. The van der Waals surface area contributed by atoms with Crippen molar-refractivity contribution in [2.75, 3.05) is 20.3 Å². The van der Waals surface area contributed by atoms with Crippen LogP contribution in [-0.4, -0.2) is 37.4 Å². The van der Waals surface area contributed by atoms with Gasteiger partial charge in [-0.3, -0.25) is 0 Å². The highest BCUT2D eigenvalue weighted by atomic mass is 19.1. The summed E-state index contributed by atoms with van der Waals surface area (Å²) < 4.78 is 31.5. The molecule has 22 heavy (non-hydrogen) atoms. The molecule has 0 unspecified atom stereocenters. The summed E-state index contributed by atoms with van der Waals surface area (Å²) in [6.07, 6.45) is 0.646. The third-order valence-electron chi connectivity index (χ3n) is 3.24. The average Bonchev–Trinajstić information content (AvgIpc) is 2.42. The van der Waals surface area contributed by atoms with Gasteiger partial charge in [-0.05, 0) is 26.3 Å². The summed E-state index contributed by atoms with van der Waals surface area (Å²) in [5, 5.41) is 15.4. The summed E-state index contributed by atoms with van der Waals surface area (Å²) in [5.41, 5.74) is -1.73. The summed E-state index contributed by atoms with van der Waals surface area (Å²) in [4.78, 5) is 11.7. The first kappa shape index (κ1) is 18.3. The van der Waals surface area contributed by atoms with Crippen LogP contribution < -0.4 is 10.6 Å². The van der Waals surface area contributed by atoms with Crippen LogP contribution in [0, 0.1) is 11.6 Å². The summed E-state index contributed by atoms with van der Waals surface area (Å²) >= 11 is 0. The van der Waals surface area contributed by atoms with Crippen LogP contribution >= 0.6 is 0 Å². The molecule has 1 rings (SSSR count). The van der Waals surface area contributed by atoms with Crippen molar-refractivity contribution in [3.63, 3.8) is 0 Å². The third kappa shape index (κ3) is 5.57. The van der Waals surface area contributed by atoms with Crippen molar-refractivity contribution in [1.29, 1.82) is 0 Å². The van der Waals surface area contributed by atoms with E-state index in [1.165, 1.54) is 6.92 Å². The van der Waals surface area contributed by atoms with Crippen LogP contribution in [0.15, 0.2) is 18.2 Å². The molecule has 0 heterocycles. The van der Waals surface area contributed by atoms with Crippen molar-refractivity contribution < 1.29 is 23.4 Å². The SMILES string of the molecule is COCC[C@@H](C)NC(=O)NC[C@@](C)(O)c1ccc(F)cc1F. The zero-order valence-corrected chi connectivity index (χ0v) is 13.0. The molecule has 1 aromatic carbocycles. The Morgan fingerprint density at radius 1 is 1.45 bits per heavy atom. The van der Waals surface area contributed by atoms with E-state index < -0.39 is 23.3 Å². The predicted molar refractivity (Wildman–Crippen MR) is 78.4 cm³/mol. The minimum absolute atomic E-state index is 0.0818. The average molecular weight is 316 g/mol. The van der Waals surface area contributed by atoms with E-state index in [0.29, 0.717) is 19.1 Å². The van der Waals surface area contributed by atoms with E-state index in [2.05, 4.69) is 10.6 Å². The van der Waals surface area contributed by atoms with Crippen molar-refractivity contribution in [2.24, 2.45) is 0 Å². The number of urea groups is 1. The number of ether oxygens (including phenoxy) is 1. The highest BCUT2D eigenvalue weighted by molar-refractivity contribution is 5.74. The van der Waals surface area contributed by atoms with Crippen molar-refractivity contribution in [1.82, 2.24) is 10.6 Å². The summed E-state index contributed by atoms with van der Waals surface area (Å²) in [7, 11) is 1.57. The number of nitrogens with one attached hydrogen (secondary N) is 2. The molecule has 1 aromatic rings. The van der Waals surface area contributed by atoms with Crippen LogP contribution in [0.25, 0.3) is 0 Å². The molecule has 0 saturated heterocycles. The van der Waals surface area contributed by atoms with Crippen molar-refractivity contribution >= 4 is 6.03 Å². The highest BCUT2D eigenvalue weighted by Gasteiger charge is 2.27. The van der Waals surface area contributed by atoms with Gasteiger partial charge in [-0.2, -0.15) is 0 Å². The maximum atomic E-state index is 13.7. The van der Waals surface area contributed by atoms with Crippen LogP contribution in [0.3, 0.4) is 0 Å². The van der Waals surface area contributed by atoms with Gasteiger partial charge in [-0.1, -0.05) is 6.07 Å². The standard InChI is InChI=1S/C15H22F2N2O3/c1-10(6-7-22-3)19-14(20)18-9-15(2,21)12-5-4-11(16)8-13(12)17/h4-5,8,10,21H,6-7,9H2,1-3H3,(H2,18,19,20)/t10-,15-/m1/s1. The number of benzene rings is 1. The Kier molecular flexibility index (Phi) is 6.70. The molecule has 3 N–H and O–H groups in total. The number of hydrogen-bond acceptors (Lipinski definition) is 3. The molecule has 0 aliphatic rings. The molecular formula is C15H22F2N2O3. The van der Waals surface area contributed by atoms with E-state index in [1.807, 2.05) is 6.92 Å². The Balaban J connectivity index is 2.56. The first-order valence-electron chi connectivity index (χ1n) is 6.97. The number of aliphatic hydroxyl groups is 1. The molecule has 0 aliphatic heterocycles. The number of amides is 2. The first-order valence-corrected chi connectivity index (χ1v) is 6.97. The van der Waals surface area contributed by atoms with E-state index >= 15 is 0 Å². The van der Waals surface area contributed by atoms with Crippen molar-refractivity contribution in [2.45, 2.75) is 31.9 Å². The van der Waals surface area contributed by atoms with Gasteiger partial charge in [-0.15, -0.1) is 0 Å². The first-order chi connectivity index (χ1) is 10.3. The minimum atomic E-state index is -1.65. The van der Waals surface area contributed by atoms with Crippen LogP contribution in [0.4, 0.5) is 13.6 Å². The molecular weight excluding hydrogens is 294 g/mol. The lowest BCUT2D eigenvalue weighted by Gasteiger charge is -2.25. The van der Waals surface area contributed by atoms with Gasteiger partial charge in [0.1, 0.15) is 17.2 Å². The second-order valence-electron chi connectivity index (χ2n) is 5.41. The molecule has 0 saturated carbocycles. The minimum Gasteiger partial charge on any atom is -0.385 e. The lowest BCUT2D eigenvalue weighted by atomic mass is 9.95. The van der Waals surface area contributed by atoms with Crippen LogP contribution in [0.5, 0.6) is 0 Å². The number of rotatable bonds is 7. The fourth-order valence-corrected chi connectivity index (χ4v) is 1.92. The van der Waals surface area contributed by atoms with Gasteiger partial charge in [0.05, 0.1) is 6.54 Å². The molecule has 2 amide bonds. The third-order valence-corrected chi connectivity index (χ3v) is 3.24. The largest absolute Gasteiger partial charge is 0.385 e. The summed E-state index contributed by atoms with van der Waals surface area (Å²) in [5.74, 6) is -1.59. The van der Waals surface area contributed by atoms with Crippen LogP contribution in [-0.2, 0) is 10.3 Å². The molecule has 0 fully saturated rings. The predicted octanol–water partition coefficient (Wildman–Crippen LogP) is 1.90. The number of hydrogen-bond donors (Lipinski definition) is 3. The smallest absolute Gasteiger partial charge is 0.315 e. The Morgan fingerprint density at radius 3 is 2.73 bits per heavy atom. The van der Waals surface area contributed by atoms with Gasteiger partial charge in [0.25, 0.3) is 0 Å². The fraction of sp³-hybridized carbons (Fsp3) is 0.533. The number of halogens is 2. The van der Waals surface area contributed by atoms with E-state index in [4.69, 9.17) is 4.74 Å². The van der Waals surface area contributed by atoms with E-state index in [1.54, 1.807) is 7.11 Å². The number of carbonyl (C=O) groups excluding carboxylic acids is 1. The molecule has 0 bridgehead atoms. The Morgan fingerprint density at radius 2 is 2.14 bits per heavy atom. The summed E-state index contributed by atoms with van der Waals surface area (Å²) in [6.45, 7) is 3.46. The van der Waals surface area contributed by atoms with E-state index in [0.717, 1.165) is 12.1 Å². The Bertz CT molecular complexity index is 510. The fourth-order valence-electron chi connectivity index (χ4n) is 1.92. The maximum absolute atomic E-state index is 13.7. The molecule has 5 nitrogen and oxygen atoms in total. The van der Waals surface area contributed by atoms with E-state index in [9.17, 15) is 18.7 Å². The molecule has 0 spiro atoms. The van der Waals surface area contributed by atoms with Gasteiger partial charge >= 0.3 is 6.03 Å².